The Labute approximate surface area is 192 Å². The van der Waals surface area contributed by atoms with Gasteiger partial charge in [-0.3, -0.25) is 9.59 Å². The first kappa shape index (κ1) is 23.9. The summed E-state index contributed by atoms with van der Waals surface area (Å²) in [6.07, 6.45) is 2.75. The number of allylic oxidation sites excluding steroid dienone is 1. The van der Waals surface area contributed by atoms with Gasteiger partial charge in [0.1, 0.15) is 12.4 Å². The minimum absolute atomic E-state index is 0.0447. The Balaban J connectivity index is 1.60. The zero-order valence-electron chi connectivity index (χ0n) is 17.7. The zero-order chi connectivity index (χ0) is 23.7. The summed E-state index contributed by atoms with van der Waals surface area (Å²) in [4.78, 5) is 23.0. The van der Waals surface area contributed by atoms with Crippen LogP contribution in [-0.2, 0) is 21.4 Å². The van der Waals surface area contributed by atoms with Crippen LogP contribution in [0, 0.1) is 0 Å². The summed E-state index contributed by atoms with van der Waals surface area (Å²) in [5.74, 6) is -0.703. The number of hydrogen-bond donors (Lipinski definition) is 2. The molecule has 0 unspecified atom stereocenters. The van der Waals surface area contributed by atoms with Crippen LogP contribution in [0.1, 0.15) is 27.9 Å². The number of carbonyl (C=O) groups excluding carboxylic acids is 1. The molecule has 0 aliphatic heterocycles. The molecule has 0 amide bonds. The van der Waals surface area contributed by atoms with Crippen molar-refractivity contribution in [1.82, 2.24) is 4.72 Å². The van der Waals surface area contributed by atoms with E-state index in [1.54, 1.807) is 6.08 Å². The highest BCUT2D eigenvalue weighted by Gasteiger charge is 2.14. The van der Waals surface area contributed by atoms with Gasteiger partial charge in [-0.25, -0.2) is 13.1 Å². The van der Waals surface area contributed by atoms with Crippen LogP contribution in [0.3, 0.4) is 0 Å². The van der Waals surface area contributed by atoms with Crippen LogP contribution in [0.15, 0.2) is 89.8 Å². The zero-order valence-corrected chi connectivity index (χ0v) is 18.5. The van der Waals surface area contributed by atoms with E-state index in [1.807, 2.05) is 54.6 Å². The van der Waals surface area contributed by atoms with Crippen LogP contribution in [0.2, 0.25) is 0 Å². The summed E-state index contributed by atoms with van der Waals surface area (Å²) in [5.41, 5.74) is 2.17. The second-order valence-corrected chi connectivity index (χ2v) is 8.88. The molecule has 0 aromatic heterocycles. The standard InChI is InChI=1S/C25H23NO6S/c27-24(21-10-12-23(13-11-21)33(30,31)26-16-15-25(28)29)14-9-19-7-4-8-22(17-19)32-18-20-5-2-1-3-6-20/h1-14,17,26H,15-16,18H2,(H,28,29)/b14-9+. The Morgan fingerprint density at radius 3 is 2.36 bits per heavy atom. The minimum Gasteiger partial charge on any atom is -0.489 e. The van der Waals surface area contributed by atoms with E-state index in [4.69, 9.17) is 9.84 Å². The van der Waals surface area contributed by atoms with Crippen LogP contribution in [0.25, 0.3) is 6.08 Å². The Hall–Kier alpha value is -3.75. The molecule has 8 heteroatoms. The third-order valence-electron chi connectivity index (χ3n) is 4.61. The third-order valence-corrected chi connectivity index (χ3v) is 6.09. The number of sulfonamides is 1. The van der Waals surface area contributed by atoms with Crippen molar-refractivity contribution in [1.29, 1.82) is 0 Å². The summed E-state index contributed by atoms with van der Waals surface area (Å²) < 4.78 is 32.3. The molecule has 170 valence electrons. The molecule has 0 aliphatic rings. The highest BCUT2D eigenvalue weighted by Crippen LogP contribution is 2.17. The van der Waals surface area contributed by atoms with Crippen molar-refractivity contribution in [3.8, 4) is 5.75 Å². The number of nitrogens with one attached hydrogen (secondary N) is 1. The minimum atomic E-state index is -3.84. The van der Waals surface area contributed by atoms with Crippen LogP contribution in [0.4, 0.5) is 0 Å². The smallest absolute Gasteiger partial charge is 0.304 e. The summed E-state index contributed by atoms with van der Waals surface area (Å²) in [7, 11) is -3.84. The van der Waals surface area contributed by atoms with Gasteiger partial charge in [0.2, 0.25) is 10.0 Å². The predicted octanol–water partition coefficient (Wildman–Crippen LogP) is 3.91. The highest BCUT2D eigenvalue weighted by molar-refractivity contribution is 7.89. The molecular formula is C25H23NO6S. The predicted molar refractivity (Wildman–Crippen MR) is 124 cm³/mol. The molecule has 3 aromatic rings. The summed E-state index contributed by atoms with van der Waals surface area (Å²) in [5, 5.41) is 8.61. The maximum atomic E-state index is 12.5. The molecule has 0 atom stereocenters. The van der Waals surface area contributed by atoms with Gasteiger partial charge in [0.15, 0.2) is 5.78 Å². The number of hydrogen-bond acceptors (Lipinski definition) is 5. The number of ketones is 1. The van der Waals surface area contributed by atoms with Crippen LogP contribution in [-0.4, -0.2) is 31.8 Å². The van der Waals surface area contributed by atoms with Gasteiger partial charge in [0.05, 0.1) is 11.3 Å². The van der Waals surface area contributed by atoms with Crippen molar-refractivity contribution in [2.24, 2.45) is 0 Å². The van der Waals surface area contributed by atoms with E-state index in [9.17, 15) is 18.0 Å². The molecule has 0 saturated heterocycles. The second kappa shape index (κ2) is 11.2. The van der Waals surface area contributed by atoms with E-state index in [0.717, 1.165) is 11.1 Å². The number of ether oxygens (including phenoxy) is 1. The lowest BCUT2D eigenvalue weighted by molar-refractivity contribution is -0.136. The SMILES string of the molecule is O=C(O)CCNS(=O)(=O)c1ccc(C(=O)/C=C/c2cccc(OCc3ccccc3)c2)cc1. The molecule has 7 nitrogen and oxygen atoms in total. The average molecular weight is 466 g/mol. The number of rotatable bonds is 11. The van der Waals surface area contributed by atoms with Gasteiger partial charge in [-0.05, 0) is 53.6 Å². The van der Waals surface area contributed by atoms with Crippen molar-refractivity contribution in [2.75, 3.05) is 6.54 Å². The fourth-order valence-electron chi connectivity index (χ4n) is 2.89. The van der Waals surface area contributed by atoms with Crippen molar-refractivity contribution in [3.05, 3.63) is 102 Å². The van der Waals surface area contributed by atoms with E-state index >= 15 is 0 Å². The lowest BCUT2D eigenvalue weighted by Crippen LogP contribution is -2.26. The molecule has 0 bridgehead atoms. The highest BCUT2D eigenvalue weighted by atomic mass is 32.2. The van der Waals surface area contributed by atoms with Crippen molar-refractivity contribution in [3.63, 3.8) is 0 Å². The Bertz CT molecular complexity index is 1240. The molecule has 3 rings (SSSR count). The van der Waals surface area contributed by atoms with Crippen LogP contribution >= 0.6 is 0 Å². The van der Waals surface area contributed by atoms with Gasteiger partial charge >= 0.3 is 5.97 Å². The molecular weight excluding hydrogens is 442 g/mol. The van der Waals surface area contributed by atoms with Gasteiger partial charge in [0, 0.05) is 12.1 Å². The first-order chi connectivity index (χ1) is 15.8. The molecule has 33 heavy (non-hydrogen) atoms. The number of carboxylic acid groups (broad SMARTS) is 1. The van der Waals surface area contributed by atoms with Crippen LogP contribution in [0.5, 0.6) is 5.75 Å². The quantitative estimate of drug-likeness (QED) is 0.328. The molecule has 3 aromatic carbocycles. The lowest BCUT2D eigenvalue weighted by Gasteiger charge is -2.07. The lowest BCUT2D eigenvalue weighted by atomic mass is 10.1. The van der Waals surface area contributed by atoms with E-state index in [2.05, 4.69) is 4.72 Å². The molecule has 0 radical (unpaired) electrons. The molecule has 0 fully saturated rings. The molecule has 0 saturated carbocycles. The number of benzene rings is 3. The summed E-state index contributed by atoms with van der Waals surface area (Å²) in [6, 6.07) is 22.6. The number of carbonyl (C=O) groups is 2. The monoisotopic (exact) mass is 465 g/mol. The summed E-state index contributed by atoms with van der Waals surface area (Å²) >= 11 is 0. The van der Waals surface area contributed by atoms with E-state index < -0.39 is 16.0 Å². The summed E-state index contributed by atoms with van der Waals surface area (Å²) in [6.45, 7) is 0.225. The normalized spacial score (nSPS) is 11.4. The fourth-order valence-corrected chi connectivity index (χ4v) is 3.92. The third kappa shape index (κ3) is 7.41. The first-order valence-corrected chi connectivity index (χ1v) is 11.6. The largest absolute Gasteiger partial charge is 0.489 e. The Morgan fingerprint density at radius 2 is 1.67 bits per heavy atom. The van der Waals surface area contributed by atoms with Crippen molar-refractivity contribution in [2.45, 2.75) is 17.9 Å². The van der Waals surface area contributed by atoms with Gasteiger partial charge in [-0.2, -0.15) is 0 Å². The van der Waals surface area contributed by atoms with Gasteiger partial charge in [0.25, 0.3) is 0 Å². The number of aliphatic carboxylic acids is 1. The topological polar surface area (TPSA) is 110 Å². The van der Waals surface area contributed by atoms with Crippen molar-refractivity contribution < 1.29 is 27.9 Å². The molecule has 0 spiro atoms. The second-order valence-electron chi connectivity index (χ2n) is 7.11. The molecule has 0 heterocycles. The van der Waals surface area contributed by atoms with Crippen molar-refractivity contribution >= 4 is 27.9 Å². The van der Waals surface area contributed by atoms with E-state index in [-0.39, 0.29) is 23.6 Å². The maximum absolute atomic E-state index is 12.5. The first-order valence-electron chi connectivity index (χ1n) is 10.1. The Morgan fingerprint density at radius 1 is 0.939 bits per heavy atom. The molecule has 0 aliphatic carbocycles. The number of carboxylic acids is 1. The fraction of sp³-hybridized carbons (Fsp3) is 0.120. The van der Waals surface area contributed by atoms with Crippen LogP contribution < -0.4 is 9.46 Å². The van der Waals surface area contributed by atoms with E-state index in [1.165, 1.54) is 30.3 Å². The van der Waals surface area contributed by atoms with Gasteiger partial charge < -0.3 is 9.84 Å². The Kier molecular flexibility index (Phi) is 8.12. The molecule has 2 N–H and O–H groups in total. The van der Waals surface area contributed by atoms with Gasteiger partial charge in [-0.1, -0.05) is 48.5 Å². The van der Waals surface area contributed by atoms with E-state index in [0.29, 0.717) is 17.9 Å². The average Bonchev–Trinajstić information content (AvgIpc) is 2.82. The maximum Gasteiger partial charge on any atom is 0.304 e. The van der Waals surface area contributed by atoms with Gasteiger partial charge in [-0.15, -0.1) is 0 Å².